The second-order valence-electron chi connectivity index (χ2n) is 5.33. The Balaban J connectivity index is 2.32. The second kappa shape index (κ2) is 8.69. The van der Waals surface area contributed by atoms with Crippen LogP contribution in [0.15, 0.2) is 60.7 Å². The average molecular weight is 299 g/mol. The summed E-state index contributed by atoms with van der Waals surface area (Å²) in [5, 5.41) is 11.0. The first-order valence-electron chi connectivity index (χ1n) is 7.78. The Morgan fingerprint density at radius 1 is 0.955 bits per heavy atom. The summed E-state index contributed by atoms with van der Waals surface area (Å²) in [6.45, 7) is 4.41. The van der Waals surface area contributed by atoms with Crippen molar-refractivity contribution in [2.45, 2.75) is 19.1 Å². The molecule has 3 nitrogen and oxygen atoms in total. The van der Waals surface area contributed by atoms with E-state index in [0.717, 1.165) is 24.2 Å². The summed E-state index contributed by atoms with van der Waals surface area (Å²) in [5.74, 6) is 0. The first-order valence-corrected chi connectivity index (χ1v) is 7.78. The minimum atomic E-state index is -0.569. The van der Waals surface area contributed by atoms with Crippen molar-refractivity contribution < 1.29 is 9.84 Å². The molecule has 2 rings (SSSR count). The average Bonchev–Trinajstić information content (AvgIpc) is 2.59. The van der Waals surface area contributed by atoms with E-state index in [9.17, 15) is 5.11 Å². The van der Waals surface area contributed by atoms with E-state index in [4.69, 9.17) is 4.74 Å². The lowest BCUT2D eigenvalue weighted by Gasteiger charge is -2.34. The van der Waals surface area contributed by atoms with Crippen molar-refractivity contribution in [2.24, 2.45) is 0 Å². The molecule has 0 bridgehead atoms. The second-order valence-corrected chi connectivity index (χ2v) is 5.33. The zero-order chi connectivity index (χ0) is 15.8. The van der Waals surface area contributed by atoms with Crippen LogP contribution >= 0.6 is 0 Å². The van der Waals surface area contributed by atoms with Gasteiger partial charge in [0.1, 0.15) is 0 Å². The molecule has 0 radical (unpaired) electrons. The number of benzene rings is 2. The standard InChI is InChI=1S/C19H25NO2/c1-3-20(14-15-22-2)18(16-10-6-4-7-11-16)19(21)17-12-8-5-9-13-17/h4-13,18-19,21H,3,14-15H2,1-2H3/t18-,19+/m0/s1. The van der Waals surface area contributed by atoms with Crippen molar-refractivity contribution in [3.63, 3.8) is 0 Å². The number of aliphatic hydroxyl groups excluding tert-OH is 1. The van der Waals surface area contributed by atoms with E-state index in [0.29, 0.717) is 6.61 Å². The molecule has 0 saturated heterocycles. The zero-order valence-electron chi connectivity index (χ0n) is 13.4. The number of likely N-dealkylation sites (N-methyl/N-ethyl adjacent to an activating group) is 1. The highest BCUT2D eigenvalue weighted by Crippen LogP contribution is 2.33. The third-order valence-corrected chi connectivity index (χ3v) is 3.96. The fraction of sp³-hybridized carbons (Fsp3) is 0.368. The van der Waals surface area contributed by atoms with Crippen molar-refractivity contribution >= 4 is 0 Å². The number of hydrogen-bond acceptors (Lipinski definition) is 3. The Kier molecular flexibility index (Phi) is 6.59. The molecule has 0 heterocycles. The maximum Gasteiger partial charge on any atom is 0.0986 e. The molecule has 2 atom stereocenters. The Labute approximate surface area is 133 Å². The van der Waals surface area contributed by atoms with Gasteiger partial charge < -0.3 is 9.84 Å². The molecule has 2 aromatic carbocycles. The maximum absolute atomic E-state index is 11.0. The predicted molar refractivity (Wildman–Crippen MR) is 89.7 cm³/mol. The van der Waals surface area contributed by atoms with Crippen LogP contribution in [0.5, 0.6) is 0 Å². The first-order chi connectivity index (χ1) is 10.8. The number of nitrogens with zero attached hydrogens (tertiary/aromatic N) is 1. The highest BCUT2D eigenvalue weighted by atomic mass is 16.5. The summed E-state index contributed by atoms with van der Waals surface area (Å²) in [4.78, 5) is 2.26. The summed E-state index contributed by atoms with van der Waals surface area (Å²) < 4.78 is 5.22. The van der Waals surface area contributed by atoms with Gasteiger partial charge in [-0.25, -0.2) is 0 Å². The van der Waals surface area contributed by atoms with Crippen LogP contribution in [0.25, 0.3) is 0 Å². The van der Waals surface area contributed by atoms with Gasteiger partial charge >= 0.3 is 0 Å². The molecular formula is C19H25NO2. The van der Waals surface area contributed by atoms with Crippen molar-refractivity contribution in [1.82, 2.24) is 4.90 Å². The monoisotopic (exact) mass is 299 g/mol. The summed E-state index contributed by atoms with van der Waals surface area (Å²) in [6, 6.07) is 20.0. The molecule has 1 N–H and O–H groups in total. The SMILES string of the molecule is CCN(CCOC)[C@@H](c1ccccc1)[C@H](O)c1ccccc1. The van der Waals surface area contributed by atoms with Gasteiger partial charge in [-0.3, -0.25) is 4.90 Å². The number of hydrogen-bond donors (Lipinski definition) is 1. The third-order valence-electron chi connectivity index (χ3n) is 3.96. The topological polar surface area (TPSA) is 32.7 Å². The molecule has 0 aromatic heterocycles. The van der Waals surface area contributed by atoms with Gasteiger partial charge in [0.15, 0.2) is 0 Å². The van der Waals surface area contributed by atoms with Crippen LogP contribution in [0.2, 0.25) is 0 Å². The van der Waals surface area contributed by atoms with Crippen molar-refractivity contribution in [1.29, 1.82) is 0 Å². The summed E-state index contributed by atoms with van der Waals surface area (Å²) >= 11 is 0. The molecule has 118 valence electrons. The molecule has 0 saturated carbocycles. The van der Waals surface area contributed by atoms with Crippen molar-refractivity contribution in [2.75, 3.05) is 26.8 Å². The smallest absolute Gasteiger partial charge is 0.0986 e. The van der Waals surface area contributed by atoms with Gasteiger partial charge in [-0.1, -0.05) is 67.6 Å². The number of rotatable bonds is 8. The summed E-state index contributed by atoms with van der Waals surface area (Å²) in [5.41, 5.74) is 2.06. The quantitative estimate of drug-likeness (QED) is 0.810. The third kappa shape index (κ3) is 4.17. The Hall–Kier alpha value is -1.68. The lowest BCUT2D eigenvalue weighted by atomic mass is 9.94. The zero-order valence-corrected chi connectivity index (χ0v) is 13.4. The van der Waals surface area contributed by atoms with Gasteiger partial charge in [-0.15, -0.1) is 0 Å². The van der Waals surface area contributed by atoms with Gasteiger partial charge in [-0.05, 0) is 17.7 Å². The molecular weight excluding hydrogens is 274 g/mol. The molecule has 0 spiro atoms. The first kappa shape index (κ1) is 16.7. The van der Waals surface area contributed by atoms with E-state index in [-0.39, 0.29) is 6.04 Å². The highest BCUT2D eigenvalue weighted by molar-refractivity contribution is 5.26. The van der Waals surface area contributed by atoms with E-state index < -0.39 is 6.10 Å². The van der Waals surface area contributed by atoms with Crippen LogP contribution in [0.4, 0.5) is 0 Å². The molecule has 0 amide bonds. The summed E-state index contributed by atoms with van der Waals surface area (Å²) in [6.07, 6.45) is -0.569. The molecule has 0 aliphatic heterocycles. The van der Waals surface area contributed by atoms with E-state index in [2.05, 4.69) is 24.0 Å². The number of ether oxygens (including phenoxy) is 1. The van der Waals surface area contributed by atoms with E-state index in [1.807, 2.05) is 48.5 Å². The fourth-order valence-electron chi connectivity index (χ4n) is 2.78. The number of aliphatic hydroxyl groups is 1. The van der Waals surface area contributed by atoms with Gasteiger partial charge in [0.2, 0.25) is 0 Å². The normalized spacial score (nSPS) is 14.0. The highest BCUT2D eigenvalue weighted by Gasteiger charge is 2.27. The fourth-order valence-corrected chi connectivity index (χ4v) is 2.78. The van der Waals surface area contributed by atoms with Gasteiger partial charge in [0, 0.05) is 13.7 Å². The summed E-state index contributed by atoms with van der Waals surface area (Å²) in [7, 11) is 1.71. The van der Waals surface area contributed by atoms with Crippen LogP contribution in [0.1, 0.15) is 30.2 Å². The molecule has 0 aliphatic carbocycles. The predicted octanol–water partition coefficient (Wildman–Crippen LogP) is 3.43. The minimum Gasteiger partial charge on any atom is -0.386 e. The van der Waals surface area contributed by atoms with E-state index >= 15 is 0 Å². The maximum atomic E-state index is 11.0. The van der Waals surface area contributed by atoms with Gasteiger partial charge in [-0.2, -0.15) is 0 Å². The number of methoxy groups -OCH3 is 1. The molecule has 22 heavy (non-hydrogen) atoms. The molecule has 3 heteroatoms. The van der Waals surface area contributed by atoms with Gasteiger partial charge in [0.05, 0.1) is 18.8 Å². The Morgan fingerprint density at radius 3 is 2.00 bits per heavy atom. The lowest BCUT2D eigenvalue weighted by Crippen LogP contribution is -2.35. The van der Waals surface area contributed by atoms with Crippen molar-refractivity contribution in [3.8, 4) is 0 Å². The Morgan fingerprint density at radius 2 is 1.50 bits per heavy atom. The van der Waals surface area contributed by atoms with E-state index in [1.54, 1.807) is 7.11 Å². The lowest BCUT2D eigenvalue weighted by molar-refractivity contribution is 0.0347. The van der Waals surface area contributed by atoms with Crippen molar-refractivity contribution in [3.05, 3.63) is 71.8 Å². The van der Waals surface area contributed by atoms with Crippen LogP contribution < -0.4 is 0 Å². The van der Waals surface area contributed by atoms with Crippen LogP contribution in [-0.2, 0) is 4.74 Å². The molecule has 0 unspecified atom stereocenters. The van der Waals surface area contributed by atoms with Crippen LogP contribution in [0, 0.1) is 0 Å². The van der Waals surface area contributed by atoms with E-state index in [1.165, 1.54) is 0 Å². The van der Waals surface area contributed by atoms with Crippen LogP contribution in [0.3, 0.4) is 0 Å². The minimum absolute atomic E-state index is 0.0799. The Bertz CT molecular complexity index is 530. The molecule has 2 aromatic rings. The molecule has 0 fully saturated rings. The molecule has 0 aliphatic rings. The largest absolute Gasteiger partial charge is 0.386 e. The van der Waals surface area contributed by atoms with Crippen LogP contribution in [-0.4, -0.2) is 36.8 Å². The van der Waals surface area contributed by atoms with Gasteiger partial charge in [0.25, 0.3) is 0 Å².